The van der Waals surface area contributed by atoms with Gasteiger partial charge in [0.25, 0.3) is 0 Å². The van der Waals surface area contributed by atoms with E-state index in [-0.39, 0.29) is 0 Å². The first-order chi connectivity index (χ1) is 13.2. The van der Waals surface area contributed by atoms with Gasteiger partial charge in [-0.25, -0.2) is 0 Å². The average Bonchev–Trinajstić information content (AvgIpc) is 2.72. The number of rotatable bonds is 2. The molecule has 0 aromatic heterocycles. The molecule has 0 fully saturated rings. The average molecular weight is 415 g/mol. The molecule has 27 heavy (non-hydrogen) atoms. The Kier molecular flexibility index (Phi) is 5.20. The second-order valence-electron chi connectivity index (χ2n) is 6.75. The van der Waals surface area contributed by atoms with Gasteiger partial charge in [-0.15, -0.1) is 0 Å². The van der Waals surface area contributed by atoms with Crippen LogP contribution in [0, 0.1) is 0 Å². The van der Waals surface area contributed by atoms with Crippen LogP contribution in [0.25, 0.3) is 10.0 Å². The van der Waals surface area contributed by atoms with E-state index in [1.807, 2.05) is 0 Å². The zero-order valence-corrected chi connectivity index (χ0v) is 17.3. The number of allylic oxidation sites excluding steroid dienone is 9. The maximum absolute atomic E-state index is 2.36. The van der Waals surface area contributed by atoms with Crippen molar-refractivity contribution in [1.82, 2.24) is 0 Å². The summed E-state index contributed by atoms with van der Waals surface area (Å²) in [5, 5.41) is 0. The summed E-state index contributed by atoms with van der Waals surface area (Å²) in [5.41, 5.74) is 6.41. The van der Waals surface area contributed by atoms with Gasteiger partial charge in [-0.3, -0.25) is 0 Å². The molecule has 0 saturated heterocycles. The van der Waals surface area contributed by atoms with Gasteiger partial charge < -0.3 is 0 Å². The number of hydrogen-bond acceptors (Lipinski definition) is 0. The summed E-state index contributed by atoms with van der Waals surface area (Å²) >= 11 is 0.336. The molecule has 2 aromatic carbocycles. The Morgan fingerprint density at radius 3 is 2.22 bits per heavy atom. The van der Waals surface area contributed by atoms with Gasteiger partial charge in [0.2, 0.25) is 0 Å². The van der Waals surface area contributed by atoms with Gasteiger partial charge in [0.05, 0.1) is 0 Å². The van der Waals surface area contributed by atoms with Crippen molar-refractivity contribution in [3.05, 3.63) is 114 Å². The first-order valence-corrected chi connectivity index (χ1v) is 10.8. The van der Waals surface area contributed by atoms with Gasteiger partial charge in [0.1, 0.15) is 0 Å². The number of fused-ring (bicyclic) bond motifs is 1. The van der Waals surface area contributed by atoms with E-state index in [1.165, 1.54) is 36.9 Å². The molecule has 0 amide bonds. The minimum atomic E-state index is 0.336. The standard InChI is InChI=1S/C25H22NSe/c1-26(2)22-16-13-19(14-17-22)12-15-21-18-25(20-8-4-3-5-9-20)27-24-11-7-6-10-23(21)24/h3-18H,1-2H3/q+1/b21-15+. The topological polar surface area (TPSA) is 3.01 Å². The summed E-state index contributed by atoms with van der Waals surface area (Å²) in [6, 6.07) is 19.5. The number of nitrogens with zero attached hydrogens (tertiary/aromatic N) is 1. The van der Waals surface area contributed by atoms with Crippen LogP contribution in [0.1, 0.15) is 11.1 Å². The molecule has 0 spiro atoms. The third kappa shape index (κ3) is 4.03. The zero-order chi connectivity index (χ0) is 18.6. The summed E-state index contributed by atoms with van der Waals surface area (Å²) in [7, 11) is 4.13. The molecule has 4 rings (SSSR count). The molecule has 2 aromatic rings. The van der Waals surface area contributed by atoms with E-state index in [9.17, 15) is 0 Å². The molecule has 2 aliphatic rings. The van der Waals surface area contributed by atoms with Gasteiger partial charge in [0, 0.05) is 0 Å². The quantitative estimate of drug-likeness (QED) is 0.511. The Hall–Kier alpha value is -2.67. The van der Waals surface area contributed by atoms with Crippen LogP contribution in [-0.4, -0.2) is 39.3 Å². The Balaban J connectivity index is 1.72. The molecular formula is C25H22NSe+. The van der Waals surface area contributed by atoms with Crippen molar-refractivity contribution >= 4 is 35.2 Å². The molecule has 1 nitrogen and oxygen atoms in total. The molecule has 1 aliphatic carbocycles. The first-order valence-electron chi connectivity index (χ1n) is 9.07. The number of benzene rings is 2. The molecule has 0 bridgehead atoms. The second kappa shape index (κ2) is 7.92. The summed E-state index contributed by atoms with van der Waals surface area (Å²) in [6.45, 7) is 0. The fourth-order valence-corrected chi connectivity index (χ4v) is 5.46. The van der Waals surface area contributed by atoms with Gasteiger partial charge in [-0.1, -0.05) is 0 Å². The van der Waals surface area contributed by atoms with Crippen LogP contribution in [0.3, 0.4) is 0 Å². The molecular weight excluding hydrogens is 393 g/mol. The van der Waals surface area contributed by atoms with Crippen LogP contribution in [0.2, 0.25) is 0 Å². The maximum atomic E-state index is 2.36. The third-order valence-corrected chi connectivity index (χ3v) is 7.04. The molecule has 1 heterocycles. The zero-order valence-electron chi connectivity index (χ0n) is 15.6. The van der Waals surface area contributed by atoms with Crippen LogP contribution < -0.4 is 4.46 Å². The van der Waals surface area contributed by atoms with Crippen LogP contribution in [0.15, 0.2) is 103 Å². The van der Waals surface area contributed by atoms with Gasteiger partial charge in [-0.05, 0) is 0 Å². The van der Waals surface area contributed by atoms with E-state index >= 15 is 0 Å². The predicted octanol–water partition coefficient (Wildman–Crippen LogP) is 4.22. The SMILES string of the molecule is C[N+](C)=C1C=CC(=C/C=C2\C=C(c3ccccc3)[Se]c3ccccc32)C=C1. The van der Waals surface area contributed by atoms with Crippen LogP contribution in [0.4, 0.5) is 0 Å². The molecule has 132 valence electrons. The fourth-order valence-electron chi connectivity index (χ4n) is 3.11. The summed E-state index contributed by atoms with van der Waals surface area (Å²) in [5.74, 6) is 0. The molecule has 0 radical (unpaired) electrons. The van der Waals surface area contributed by atoms with Crippen molar-refractivity contribution < 1.29 is 4.58 Å². The van der Waals surface area contributed by atoms with Crippen LogP contribution in [0.5, 0.6) is 0 Å². The predicted molar refractivity (Wildman–Crippen MR) is 118 cm³/mol. The summed E-state index contributed by atoms with van der Waals surface area (Å²) in [4.78, 5) is 0. The Morgan fingerprint density at radius 2 is 1.48 bits per heavy atom. The second-order valence-corrected chi connectivity index (χ2v) is 9.02. The fraction of sp³-hybridized carbons (Fsp3) is 0.0800. The van der Waals surface area contributed by atoms with Crippen molar-refractivity contribution in [1.29, 1.82) is 0 Å². The van der Waals surface area contributed by atoms with Crippen molar-refractivity contribution in [2.75, 3.05) is 14.1 Å². The van der Waals surface area contributed by atoms with Crippen LogP contribution >= 0.6 is 0 Å². The molecule has 0 saturated carbocycles. The molecule has 1 aliphatic heterocycles. The van der Waals surface area contributed by atoms with Crippen molar-refractivity contribution in [2.45, 2.75) is 0 Å². The van der Waals surface area contributed by atoms with E-state index in [4.69, 9.17) is 0 Å². The van der Waals surface area contributed by atoms with Gasteiger partial charge in [-0.2, -0.15) is 0 Å². The van der Waals surface area contributed by atoms with E-state index in [2.05, 4.69) is 116 Å². The number of hydrogen-bond donors (Lipinski definition) is 0. The molecule has 0 unspecified atom stereocenters. The van der Waals surface area contributed by atoms with E-state index in [1.54, 1.807) is 0 Å². The third-order valence-electron chi connectivity index (χ3n) is 4.63. The van der Waals surface area contributed by atoms with E-state index in [0.717, 1.165) is 0 Å². The van der Waals surface area contributed by atoms with Crippen molar-refractivity contribution in [2.24, 2.45) is 0 Å². The van der Waals surface area contributed by atoms with Crippen molar-refractivity contribution in [3.8, 4) is 0 Å². The Labute approximate surface area is 167 Å². The van der Waals surface area contributed by atoms with Crippen LogP contribution in [-0.2, 0) is 0 Å². The van der Waals surface area contributed by atoms with Gasteiger partial charge >= 0.3 is 168 Å². The summed E-state index contributed by atoms with van der Waals surface area (Å²) in [6.07, 6.45) is 15.5. The van der Waals surface area contributed by atoms with Crippen molar-refractivity contribution in [3.63, 3.8) is 0 Å². The van der Waals surface area contributed by atoms with E-state index in [0.29, 0.717) is 15.0 Å². The normalized spacial score (nSPS) is 17.0. The minimum absolute atomic E-state index is 0.336. The first kappa shape index (κ1) is 17.7. The molecule has 2 heteroatoms. The Morgan fingerprint density at radius 1 is 0.778 bits per heavy atom. The van der Waals surface area contributed by atoms with Gasteiger partial charge in [0.15, 0.2) is 0 Å². The molecule has 0 N–H and O–H groups in total. The monoisotopic (exact) mass is 416 g/mol. The van der Waals surface area contributed by atoms with E-state index < -0.39 is 0 Å². The Bertz CT molecular complexity index is 1020. The summed E-state index contributed by atoms with van der Waals surface area (Å²) < 4.78 is 5.01. The molecule has 0 atom stereocenters.